The Morgan fingerprint density at radius 1 is 1.06 bits per heavy atom. The van der Waals surface area contributed by atoms with Crippen LogP contribution in [0.3, 0.4) is 0 Å². The van der Waals surface area contributed by atoms with Crippen molar-refractivity contribution in [3.8, 4) is 22.6 Å². The first-order valence-electron chi connectivity index (χ1n) is 9.69. The Morgan fingerprint density at radius 2 is 1.88 bits per heavy atom. The van der Waals surface area contributed by atoms with Crippen LogP contribution in [-0.2, 0) is 0 Å². The second kappa shape index (κ2) is 7.88. The number of ether oxygens (including phenoxy) is 2. The minimum Gasteiger partial charge on any atom is -0.454 e. The van der Waals surface area contributed by atoms with E-state index in [1.807, 2.05) is 30.3 Å². The number of fused-ring (bicyclic) bond motifs is 2. The lowest BCUT2D eigenvalue weighted by molar-refractivity contribution is -0.384. The molecule has 1 amide bonds. The molecule has 1 aliphatic rings. The molecule has 4 aromatic rings. The Morgan fingerprint density at radius 3 is 2.69 bits per heavy atom. The normalized spacial score (nSPS) is 12.4. The summed E-state index contributed by atoms with van der Waals surface area (Å²) in [6, 6.07) is 19.0. The van der Waals surface area contributed by atoms with E-state index in [0.717, 1.165) is 11.1 Å². The highest BCUT2D eigenvalue weighted by Crippen LogP contribution is 2.35. The summed E-state index contributed by atoms with van der Waals surface area (Å²) in [6.07, 6.45) is 1.50. The van der Waals surface area contributed by atoms with Crippen molar-refractivity contribution in [3.05, 3.63) is 88.1 Å². The van der Waals surface area contributed by atoms with Gasteiger partial charge in [0.15, 0.2) is 11.5 Å². The van der Waals surface area contributed by atoms with Gasteiger partial charge in [-0.1, -0.05) is 30.3 Å². The minimum atomic E-state index is -0.473. The van der Waals surface area contributed by atoms with Gasteiger partial charge in [0.05, 0.1) is 11.1 Å². The van der Waals surface area contributed by atoms with Crippen molar-refractivity contribution in [3.63, 3.8) is 0 Å². The highest BCUT2D eigenvalue weighted by molar-refractivity contribution is 6.10. The second-order valence-electron chi connectivity index (χ2n) is 7.04. The highest BCUT2D eigenvalue weighted by Gasteiger charge is 2.21. The number of carbonyl (C=O) groups excluding carboxylic acids is 1. The third-order valence-electron chi connectivity index (χ3n) is 5.06. The van der Waals surface area contributed by atoms with E-state index in [-0.39, 0.29) is 18.2 Å². The van der Waals surface area contributed by atoms with Crippen LogP contribution in [0.25, 0.3) is 22.0 Å². The number of H-pyrrole nitrogens is 1. The maximum Gasteiger partial charge on any atom is 0.288 e. The van der Waals surface area contributed by atoms with E-state index in [2.05, 4.69) is 15.5 Å². The van der Waals surface area contributed by atoms with E-state index in [1.165, 1.54) is 18.3 Å². The number of rotatable bonds is 5. The van der Waals surface area contributed by atoms with Gasteiger partial charge >= 0.3 is 0 Å². The zero-order valence-electron chi connectivity index (χ0n) is 16.6. The topological polar surface area (TPSA) is 119 Å². The summed E-state index contributed by atoms with van der Waals surface area (Å²) in [5.74, 6) is 0.800. The molecule has 1 aromatic heterocycles. The van der Waals surface area contributed by atoms with Gasteiger partial charge in [0, 0.05) is 28.6 Å². The quantitative estimate of drug-likeness (QED) is 0.280. The number of nitrogens with zero attached hydrogens (tertiary/aromatic N) is 2. The van der Waals surface area contributed by atoms with Gasteiger partial charge in [-0.15, -0.1) is 0 Å². The molecule has 32 heavy (non-hydrogen) atoms. The molecule has 0 saturated heterocycles. The fourth-order valence-corrected chi connectivity index (χ4v) is 3.58. The molecule has 9 nitrogen and oxygen atoms in total. The molecule has 0 spiro atoms. The van der Waals surface area contributed by atoms with Gasteiger partial charge < -0.3 is 14.5 Å². The van der Waals surface area contributed by atoms with Gasteiger partial charge in [0.1, 0.15) is 5.69 Å². The number of aromatic nitrogens is 1. The molecule has 9 heteroatoms. The number of hydrogen-bond acceptors (Lipinski definition) is 6. The first-order chi connectivity index (χ1) is 15.6. The van der Waals surface area contributed by atoms with E-state index in [9.17, 15) is 14.9 Å². The fourth-order valence-electron chi connectivity index (χ4n) is 3.58. The standard InChI is InChI=1S/C23H16N4O5/c28-23(26-24-12-14-6-9-19-20(10-14)32-13-31-19)22-21(15-4-2-1-3-5-15)17-11-16(27(29)30)7-8-18(17)25-22/h1-12,25H,13H2,(H,26,28)/b24-12+. The molecule has 0 radical (unpaired) electrons. The molecular formula is C23H16N4O5. The fraction of sp³-hybridized carbons (Fsp3) is 0.0435. The van der Waals surface area contributed by atoms with Crippen molar-refractivity contribution in [1.29, 1.82) is 0 Å². The van der Waals surface area contributed by atoms with Crippen LogP contribution >= 0.6 is 0 Å². The number of nitro benzene ring substituents is 1. The lowest BCUT2D eigenvalue weighted by atomic mass is 10.0. The molecule has 2 heterocycles. The summed E-state index contributed by atoms with van der Waals surface area (Å²) >= 11 is 0. The number of hydrogen-bond donors (Lipinski definition) is 2. The van der Waals surface area contributed by atoms with Crippen molar-refractivity contribution in [1.82, 2.24) is 10.4 Å². The lowest BCUT2D eigenvalue weighted by Crippen LogP contribution is -2.18. The minimum absolute atomic E-state index is 0.0542. The highest BCUT2D eigenvalue weighted by atomic mass is 16.7. The van der Waals surface area contributed by atoms with Gasteiger partial charge in [-0.05, 0) is 35.4 Å². The van der Waals surface area contributed by atoms with Crippen molar-refractivity contribution < 1.29 is 19.2 Å². The first kappa shape index (κ1) is 19.3. The number of benzene rings is 3. The number of carbonyl (C=O) groups is 1. The first-order valence-corrected chi connectivity index (χ1v) is 9.69. The van der Waals surface area contributed by atoms with Crippen molar-refractivity contribution >= 4 is 28.7 Å². The van der Waals surface area contributed by atoms with Gasteiger partial charge in [-0.25, -0.2) is 5.43 Å². The molecule has 2 N–H and O–H groups in total. The summed E-state index contributed by atoms with van der Waals surface area (Å²) in [6.45, 7) is 0.174. The summed E-state index contributed by atoms with van der Waals surface area (Å²) in [4.78, 5) is 26.8. The van der Waals surface area contributed by atoms with Crippen LogP contribution in [0.4, 0.5) is 5.69 Å². The van der Waals surface area contributed by atoms with Crippen LogP contribution in [-0.4, -0.2) is 28.8 Å². The Bertz CT molecular complexity index is 1380. The maximum absolute atomic E-state index is 13.0. The van der Waals surface area contributed by atoms with E-state index in [4.69, 9.17) is 9.47 Å². The predicted octanol–water partition coefficient (Wildman–Crippen LogP) is 4.24. The van der Waals surface area contributed by atoms with Gasteiger partial charge in [0.25, 0.3) is 11.6 Å². The molecule has 0 fully saturated rings. The van der Waals surface area contributed by atoms with Crippen LogP contribution in [0.15, 0.2) is 71.8 Å². The molecule has 3 aromatic carbocycles. The third kappa shape index (κ3) is 3.52. The van der Waals surface area contributed by atoms with Gasteiger partial charge in [-0.2, -0.15) is 5.10 Å². The molecule has 0 bridgehead atoms. The Kier molecular flexibility index (Phi) is 4.75. The summed E-state index contributed by atoms with van der Waals surface area (Å²) in [7, 11) is 0. The van der Waals surface area contributed by atoms with Crippen LogP contribution in [0, 0.1) is 10.1 Å². The van der Waals surface area contributed by atoms with Crippen LogP contribution < -0.4 is 14.9 Å². The number of nitrogens with one attached hydrogen (secondary N) is 2. The summed E-state index contributed by atoms with van der Waals surface area (Å²) in [5.41, 5.74) is 5.38. The number of amides is 1. The van der Waals surface area contributed by atoms with E-state index in [1.54, 1.807) is 24.3 Å². The molecule has 5 rings (SSSR count). The molecule has 158 valence electrons. The second-order valence-corrected chi connectivity index (χ2v) is 7.04. The van der Waals surface area contributed by atoms with Crippen molar-refractivity contribution in [2.24, 2.45) is 5.10 Å². The van der Waals surface area contributed by atoms with E-state index >= 15 is 0 Å². The van der Waals surface area contributed by atoms with Crippen LogP contribution in [0.5, 0.6) is 11.5 Å². The molecular weight excluding hydrogens is 412 g/mol. The van der Waals surface area contributed by atoms with Gasteiger partial charge in [-0.3, -0.25) is 14.9 Å². The molecule has 0 unspecified atom stereocenters. The third-order valence-corrected chi connectivity index (χ3v) is 5.06. The lowest BCUT2D eigenvalue weighted by Gasteiger charge is -2.04. The van der Waals surface area contributed by atoms with Crippen LogP contribution in [0.2, 0.25) is 0 Å². The molecule has 0 atom stereocenters. The largest absolute Gasteiger partial charge is 0.454 e. The average molecular weight is 428 g/mol. The predicted molar refractivity (Wildman–Crippen MR) is 118 cm³/mol. The van der Waals surface area contributed by atoms with Crippen molar-refractivity contribution in [2.75, 3.05) is 6.79 Å². The van der Waals surface area contributed by atoms with Crippen LogP contribution in [0.1, 0.15) is 16.1 Å². The average Bonchev–Trinajstić information content (AvgIpc) is 3.43. The smallest absolute Gasteiger partial charge is 0.288 e. The van der Waals surface area contributed by atoms with E-state index in [0.29, 0.717) is 28.0 Å². The molecule has 0 saturated carbocycles. The number of hydrazone groups is 1. The summed E-state index contributed by atoms with van der Waals surface area (Å²) < 4.78 is 10.6. The number of aromatic amines is 1. The summed E-state index contributed by atoms with van der Waals surface area (Å²) in [5, 5.41) is 15.9. The Balaban J connectivity index is 1.48. The van der Waals surface area contributed by atoms with Crippen molar-refractivity contribution in [2.45, 2.75) is 0 Å². The molecule has 1 aliphatic heterocycles. The van der Waals surface area contributed by atoms with E-state index < -0.39 is 10.8 Å². The Labute approximate surface area is 181 Å². The number of non-ortho nitro benzene ring substituents is 1. The monoisotopic (exact) mass is 428 g/mol. The maximum atomic E-state index is 13.0. The zero-order chi connectivity index (χ0) is 22.1. The zero-order valence-corrected chi connectivity index (χ0v) is 16.6. The SMILES string of the molecule is O=C(N/N=C/c1ccc2c(c1)OCO2)c1[nH]c2ccc([N+](=O)[O-])cc2c1-c1ccccc1. The number of nitro groups is 1. The van der Waals surface area contributed by atoms with Gasteiger partial charge in [0.2, 0.25) is 6.79 Å². The molecule has 0 aliphatic carbocycles. The Hall–Kier alpha value is -4.66.